The van der Waals surface area contributed by atoms with Crippen molar-refractivity contribution >= 4 is 11.8 Å². The average molecular weight is 234 g/mol. The second-order valence-electron chi connectivity index (χ2n) is 5.55. The van der Waals surface area contributed by atoms with Crippen molar-refractivity contribution in [3.05, 3.63) is 29.3 Å². The fourth-order valence-electron chi connectivity index (χ4n) is 2.30. The van der Waals surface area contributed by atoms with E-state index in [0.717, 1.165) is 0 Å². The first-order chi connectivity index (χ1) is 7.54. The van der Waals surface area contributed by atoms with E-state index in [-0.39, 0.29) is 0 Å². The average Bonchev–Trinajstić information content (AvgIpc) is 2.27. The summed E-state index contributed by atoms with van der Waals surface area (Å²) < 4.78 is 0. The van der Waals surface area contributed by atoms with Gasteiger partial charge in [0.1, 0.15) is 0 Å². The van der Waals surface area contributed by atoms with Crippen molar-refractivity contribution in [1.82, 2.24) is 0 Å². The minimum absolute atomic E-state index is 0.365. The lowest BCUT2D eigenvalue weighted by Gasteiger charge is -2.32. The molecule has 1 heteroatoms. The highest BCUT2D eigenvalue weighted by atomic mass is 32.2. The van der Waals surface area contributed by atoms with E-state index in [1.807, 2.05) is 11.8 Å². The lowest BCUT2D eigenvalue weighted by Crippen LogP contribution is -2.23. The number of benzene rings is 1. The molecular weight excluding hydrogens is 212 g/mol. The summed E-state index contributed by atoms with van der Waals surface area (Å²) in [6.45, 7) is 9.35. The summed E-state index contributed by atoms with van der Waals surface area (Å²) in [5.74, 6) is 1.95. The van der Waals surface area contributed by atoms with Crippen LogP contribution in [0.5, 0.6) is 0 Å². The van der Waals surface area contributed by atoms with Gasteiger partial charge in [0.15, 0.2) is 0 Å². The van der Waals surface area contributed by atoms with E-state index in [1.54, 1.807) is 5.56 Å². The van der Waals surface area contributed by atoms with Gasteiger partial charge in [-0.15, -0.1) is 11.8 Å². The number of rotatable bonds is 2. The zero-order valence-corrected chi connectivity index (χ0v) is 11.7. The molecule has 0 radical (unpaired) electrons. The van der Waals surface area contributed by atoms with Crippen molar-refractivity contribution in [2.24, 2.45) is 0 Å². The molecule has 0 saturated heterocycles. The van der Waals surface area contributed by atoms with Crippen LogP contribution in [0.2, 0.25) is 0 Å². The molecule has 88 valence electrons. The lowest BCUT2D eigenvalue weighted by molar-refractivity contribution is 0.492. The Morgan fingerprint density at radius 1 is 1.38 bits per heavy atom. The van der Waals surface area contributed by atoms with Crippen LogP contribution >= 0.6 is 11.8 Å². The van der Waals surface area contributed by atoms with Crippen LogP contribution in [0.15, 0.2) is 23.1 Å². The Kier molecular flexibility index (Phi) is 3.34. The summed E-state index contributed by atoms with van der Waals surface area (Å²) in [4.78, 5) is 1.50. The first-order valence-corrected chi connectivity index (χ1v) is 7.30. The van der Waals surface area contributed by atoms with Crippen molar-refractivity contribution < 1.29 is 0 Å². The zero-order chi connectivity index (χ0) is 11.8. The van der Waals surface area contributed by atoms with Crippen LogP contribution in [-0.2, 0) is 5.41 Å². The van der Waals surface area contributed by atoms with Crippen LogP contribution in [-0.4, -0.2) is 5.75 Å². The van der Waals surface area contributed by atoms with Gasteiger partial charge in [0.25, 0.3) is 0 Å². The van der Waals surface area contributed by atoms with Crippen molar-refractivity contribution in [1.29, 1.82) is 0 Å². The summed E-state index contributed by atoms with van der Waals surface area (Å²) in [7, 11) is 0. The van der Waals surface area contributed by atoms with Crippen molar-refractivity contribution in [2.45, 2.75) is 56.8 Å². The molecule has 0 nitrogen and oxygen atoms in total. The maximum atomic E-state index is 2.45. The Morgan fingerprint density at radius 2 is 2.12 bits per heavy atom. The SMILES string of the molecule is CCC(C)c1ccc2c(c1)C(C)(C)CCS2. The highest BCUT2D eigenvalue weighted by Gasteiger charge is 2.28. The van der Waals surface area contributed by atoms with Gasteiger partial charge in [0, 0.05) is 4.90 Å². The molecule has 1 atom stereocenters. The number of hydrogen-bond donors (Lipinski definition) is 0. The molecule has 0 aromatic heterocycles. The van der Waals surface area contributed by atoms with Crippen molar-refractivity contribution in [3.63, 3.8) is 0 Å². The molecule has 1 aliphatic heterocycles. The van der Waals surface area contributed by atoms with E-state index in [0.29, 0.717) is 11.3 Å². The van der Waals surface area contributed by atoms with Gasteiger partial charge < -0.3 is 0 Å². The third-order valence-electron chi connectivity index (χ3n) is 3.90. The van der Waals surface area contributed by atoms with Crippen molar-refractivity contribution in [3.8, 4) is 0 Å². The van der Waals surface area contributed by atoms with E-state index in [4.69, 9.17) is 0 Å². The highest BCUT2D eigenvalue weighted by molar-refractivity contribution is 7.99. The molecule has 1 aromatic carbocycles. The molecule has 0 amide bonds. The van der Waals surface area contributed by atoms with Crippen LogP contribution in [0.25, 0.3) is 0 Å². The molecule has 1 aliphatic rings. The zero-order valence-electron chi connectivity index (χ0n) is 10.8. The van der Waals surface area contributed by atoms with Gasteiger partial charge in [0.2, 0.25) is 0 Å². The summed E-state index contributed by atoms with van der Waals surface area (Å²) in [6.07, 6.45) is 2.53. The Morgan fingerprint density at radius 3 is 2.81 bits per heavy atom. The minimum atomic E-state index is 0.365. The maximum absolute atomic E-state index is 2.45. The van der Waals surface area contributed by atoms with E-state index in [2.05, 4.69) is 45.9 Å². The largest absolute Gasteiger partial charge is 0.126 e. The van der Waals surface area contributed by atoms with Crippen LogP contribution in [0.4, 0.5) is 0 Å². The highest BCUT2D eigenvalue weighted by Crippen LogP contribution is 2.42. The quantitative estimate of drug-likeness (QED) is 0.696. The van der Waals surface area contributed by atoms with Crippen LogP contribution < -0.4 is 0 Å². The molecular formula is C15H22S. The summed E-state index contributed by atoms with van der Waals surface area (Å²) in [5.41, 5.74) is 3.45. The molecule has 1 aromatic rings. The van der Waals surface area contributed by atoms with E-state index >= 15 is 0 Å². The standard InChI is InChI=1S/C15H22S/c1-5-11(2)12-6-7-14-13(10-12)15(3,4)8-9-16-14/h6-7,10-11H,5,8-9H2,1-4H3. The van der Waals surface area contributed by atoms with E-state index in [1.165, 1.54) is 29.1 Å². The number of fused-ring (bicyclic) bond motifs is 1. The Balaban J connectivity index is 2.43. The van der Waals surface area contributed by atoms with Crippen molar-refractivity contribution in [2.75, 3.05) is 5.75 Å². The molecule has 0 N–H and O–H groups in total. The van der Waals surface area contributed by atoms with E-state index in [9.17, 15) is 0 Å². The fraction of sp³-hybridized carbons (Fsp3) is 0.600. The lowest BCUT2D eigenvalue weighted by atomic mass is 9.80. The third kappa shape index (κ3) is 2.15. The first kappa shape index (κ1) is 12.0. The summed E-state index contributed by atoms with van der Waals surface area (Å²) >= 11 is 2.02. The molecule has 1 heterocycles. The van der Waals surface area contributed by atoms with Gasteiger partial charge in [-0.3, -0.25) is 0 Å². The monoisotopic (exact) mass is 234 g/mol. The summed E-state index contributed by atoms with van der Waals surface area (Å²) in [5, 5.41) is 0. The fourth-order valence-corrected chi connectivity index (χ4v) is 3.78. The molecule has 1 unspecified atom stereocenters. The van der Waals surface area contributed by atoms with Gasteiger partial charge in [-0.1, -0.05) is 39.8 Å². The molecule has 0 saturated carbocycles. The topological polar surface area (TPSA) is 0 Å². The molecule has 16 heavy (non-hydrogen) atoms. The van der Waals surface area contributed by atoms with Crippen LogP contribution in [0, 0.1) is 0 Å². The Labute approximate surface area is 104 Å². The maximum Gasteiger partial charge on any atom is 0.0110 e. The van der Waals surface area contributed by atoms with Gasteiger partial charge in [-0.2, -0.15) is 0 Å². The molecule has 0 fully saturated rings. The second-order valence-corrected chi connectivity index (χ2v) is 6.68. The smallest absolute Gasteiger partial charge is 0.0110 e. The molecule has 0 bridgehead atoms. The normalized spacial score (nSPS) is 20.2. The number of thioether (sulfide) groups is 1. The Bertz CT molecular complexity index is 379. The minimum Gasteiger partial charge on any atom is -0.126 e. The van der Waals surface area contributed by atoms with Gasteiger partial charge in [0.05, 0.1) is 0 Å². The molecule has 0 aliphatic carbocycles. The van der Waals surface area contributed by atoms with Gasteiger partial charge in [-0.05, 0) is 47.1 Å². The van der Waals surface area contributed by atoms with Gasteiger partial charge in [-0.25, -0.2) is 0 Å². The van der Waals surface area contributed by atoms with Gasteiger partial charge >= 0.3 is 0 Å². The number of hydrogen-bond acceptors (Lipinski definition) is 1. The predicted octanol–water partition coefficient (Wildman–Crippen LogP) is 4.97. The van der Waals surface area contributed by atoms with Crippen LogP contribution in [0.1, 0.15) is 57.6 Å². The summed E-state index contributed by atoms with van der Waals surface area (Å²) in [6, 6.07) is 7.11. The first-order valence-electron chi connectivity index (χ1n) is 6.32. The molecule has 2 rings (SSSR count). The predicted molar refractivity (Wildman–Crippen MR) is 73.5 cm³/mol. The van der Waals surface area contributed by atoms with E-state index < -0.39 is 0 Å². The van der Waals surface area contributed by atoms with Crippen LogP contribution in [0.3, 0.4) is 0 Å². The Hall–Kier alpha value is -0.430. The second kappa shape index (κ2) is 4.44. The third-order valence-corrected chi connectivity index (χ3v) is 4.97. The molecule has 0 spiro atoms.